The maximum atomic E-state index is 13.1. The summed E-state index contributed by atoms with van der Waals surface area (Å²) in [5.41, 5.74) is 1.92. The second-order valence-electron chi connectivity index (χ2n) is 8.70. The Kier molecular flexibility index (Phi) is 7.15. The number of nitrogens with zero attached hydrogens (tertiary/aromatic N) is 3. The van der Waals surface area contributed by atoms with Crippen LogP contribution in [-0.4, -0.2) is 48.0 Å². The minimum absolute atomic E-state index is 0.257. The third-order valence-corrected chi connectivity index (χ3v) is 6.89. The normalized spacial score (nSPS) is 17.6. The number of fused-ring (bicyclic) bond motifs is 1. The van der Waals surface area contributed by atoms with Gasteiger partial charge in [-0.05, 0) is 56.5 Å². The molecular weight excluding hydrogens is 439 g/mol. The number of carbonyl (C=O) groups excluding carboxylic acids is 1. The highest BCUT2D eigenvalue weighted by atomic mass is 35.5. The predicted octanol–water partition coefficient (Wildman–Crippen LogP) is 5.67. The zero-order valence-corrected chi connectivity index (χ0v) is 18.9. The fourth-order valence-corrected chi connectivity index (χ4v) is 4.97. The summed E-state index contributed by atoms with van der Waals surface area (Å²) in [6, 6.07) is 6.13. The minimum Gasteiger partial charge on any atom is -0.369 e. The predicted molar refractivity (Wildman–Crippen MR) is 121 cm³/mol. The van der Waals surface area contributed by atoms with Crippen LogP contribution in [0.5, 0.6) is 0 Å². The molecule has 1 fully saturated rings. The number of halogens is 4. The minimum atomic E-state index is -4.44. The van der Waals surface area contributed by atoms with Crippen molar-refractivity contribution in [3.63, 3.8) is 0 Å². The van der Waals surface area contributed by atoms with Crippen LogP contribution in [0.2, 0.25) is 5.02 Å². The zero-order chi connectivity index (χ0) is 22.7. The van der Waals surface area contributed by atoms with Crippen LogP contribution >= 0.6 is 11.6 Å². The fraction of sp³-hybridized carbons (Fsp3) is 0.542. The van der Waals surface area contributed by atoms with Crippen molar-refractivity contribution < 1.29 is 18.0 Å². The van der Waals surface area contributed by atoms with E-state index < -0.39 is 11.7 Å². The number of hydrogen-bond donors (Lipinski definition) is 0. The first-order valence-corrected chi connectivity index (χ1v) is 11.8. The second-order valence-corrected chi connectivity index (χ2v) is 9.10. The Hall–Kier alpha value is -1.99. The molecule has 0 amide bonds. The number of carbonyl (C=O) groups is 1. The molecule has 0 bridgehead atoms. The largest absolute Gasteiger partial charge is 0.417 e. The van der Waals surface area contributed by atoms with Gasteiger partial charge in [-0.1, -0.05) is 18.0 Å². The van der Waals surface area contributed by atoms with Gasteiger partial charge in [0.05, 0.1) is 10.6 Å². The smallest absolute Gasteiger partial charge is 0.369 e. The van der Waals surface area contributed by atoms with E-state index in [0.29, 0.717) is 25.2 Å². The average Bonchev–Trinajstić information content (AvgIpc) is 3.18. The van der Waals surface area contributed by atoms with Gasteiger partial charge in [0.25, 0.3) is 0 Å². The first-order chi connectivity index (χ1) is 15.3. The Bertz CT molecular complexity index is 948. The lowest BCUT2D eigenvalue weighted by Crippen LogP contribution is -2.46. The van der Waals surface area contributed by atoms with Gasteiger partial charge in [0.2, 0.25) is 0 Å². The van der Waals surface area contributed by atoms with Gasteiger partial charge >= 0.3 is 6.18 Å². The molecule has 1 aliphatic carbocycles. The maximum Gasteiger partial charge on any atom is 0.417 e. The van der Waals surface area contributed by atoms with Gasteiger partial charge in [0, 0.05) is 62.3 Å². The van der Waals surface area contributed by atoms with Crippen molar-refractivity contribution in [3.8, 4) is 0 Å². The number of aryl methyl sites for hydroxylation is 1. The molecule has 174 valence electrons. The van der Waals surface area contributed by atoms with Crippen molar-refractivity contribution in [2.45, 2.75) is 51.2 Å². The van der Waals surface area contributed by atoms with E-state index in [1.54, 1.807) is 6.07 Å². The molecule has 1 aromatic heterocycles. The number of rotatable bonds is 7. The first kappa shape index (κ1) is 23.2. The molecule has 32 heavy (non-hydrogen) atoms. The second kappa shape index (κ2) is 9.87. The third-order valence-electron chi connectivity index (χ3n) is 6.56. The van der Waals surface area contributed by atoms with Crippen molar-refractivity contribution in [2.24, 2.45) is 0 Å². The lowest BCUT2D eigenvalue weighted by molar-refractivity contribution is -0.137. The summed E-state index contributed by atoms with van der Waals surface area (Å²) in [5, 5.41) is -0.257. The van der Waals surface area contributed by atoms with Crippen LogP contribution < -0.4 is 4.90 Å². The quantitative estimate of drug-likeness (QED) is 0.491. The summed E-state index contributed by atoms with van der Waals surface area (Å²) >= 11 is 5.74. The third kappa shape index (κ3) is 5.31. The molecular formula is C24H29ClF3N3O. The number of unbranched alkanes of at least 4 members (excludes halogenated alkanes) is 2. The van der Waals surface area contributed by atoms with Crippen molar-refractivity contribution in [3.05, 3.63) is 52.3 Å². The molecule has 2 heterocycles. The molecule has 2 aromatic rings. The summed E-state index contributed by atoms with van der Waals surface area (Å²) in [6.07, 6.45) is 3.53. The van der Waals surface area contributed by atoms with E-state index in [-0.39, 0.29) is 10.8 Å². The summed E-state index contributed by atoms with van der Waals surface area (Å²) in [6.45, 7) is 5.07. The first-order valence-electron chi connectivity index (χ1n) is 11.4. The van der Waals surface area contributed by atoms with Gasteiger partial charge in [0.1, 0.15) is 0 Å². The molecule has 1 aliphatic heterocycles. The van der Waals surface area contributed by atoms with Crippen molar-refractivity contribution in [2.75, 3.05) is 37.6 Å². The highest BCUT2D eigenvalue weighted by Crippen LogP contribution is 2.37. The van der Waals surface area contributed by atoms with E-state index in [1.807, 2.05) is 17.2 Å². The van der Waals surface area contributed by atoms with Crippen LogP contribution in [-0.2, 0) is 19.1 Å². The van der Waals surface area contributed by atoms with Gasteiger partial charge in [-0.15, -0.1) is 0 Å². The summed E-state index contributed by atoms with van der Waals surface area (Å²) < 4.78 is 41.6. The Morgan fingerprint density at radius 2 is 1.69 bits per heavy atom. The molecule has 8 heteroatoms. The molecule has 0 atom stereocenters. The number of benzene rings is 1. The molecule has 0 spiro atoms. The number of piperazine rings is 1. The molecule has 2 aliphatic rings. The van der Waals surface area contributed by atoms with Gasteiger partial charge < -0.3 is 9.47 Å². The summed E-state index contributed by atoms with van der Waals surface area (Å²) in [5.74, 6) is 0.275. The SMILES string of the molecule is O=C1CCCc2c1ccn2CCCCCN1CCN(c2ccc(Cl)c(C(F)(F)F)c2)CC1. The highest BCUT2D eigenvalue weighted by Gasteiger charge is 2.34. The van der Waals surface area contributed by atoms with E-state index >= 15 is 0 Å². The van der Waals surface area contributed by atoms with E-state index in [2.05, 4.69) is 9.47 Å². The number of aromatic nitrogens is 1. The van der Waals surface area contributed by atoms with Gasteiger partial charge in [-0.25, -0.2) is 0 Å². The van der Waals surface area contributed by atoms with Crippen LogP contribution in [0.15, 0.2) is 30.5 Å². The Labute approximate surface area is 191 Å². The van der Waals surface area contributed by atoms with E-state index in [9.17, 15) is 18.0 Å². The van der Waals surface area contributed by atoms with Gasteiger partial charge in [-0.2, -0.15) is 13.2 Å². The van der Waals surface area contributed by atoms with Crippen molar-refractivity contribution >= 4 is 23.1 Å². The summed E-state index contributed by atoms with van der Waals surface area (Å²) in [4.78, 5) is 16.3. The topological polar surface area (TPSA) is 28.5 Å². The molecule has 0 radical (unpaired) electrons. The van der Waals surface area contributed by atoms with E-state index in [4.69, 9.17) is 11.6 Å². The van der Waals surface area contributed by atoms with Crippen molar-refractivity contribution in [1.29, 1.82) is 0 Å². The van der Waals surface area contributed by atoms with E-state index in [1.165, 1.54) is 11.8 Å². The lowest BCUT2D eigenvalue weighted by atomic mass is 9.97. The zero-order valence-electron chi connectivity index (χ0n) is 18.1. The number of anilines is 1. The fourth-order valence-electron chi connectivity index (χ4n) is 4.75. The van der Waals surface area contributed by atoms with Crippen LogP contribution in [0.3, 0.4) is 0 Å². The average molecular weight is 468 g/mol. The monoisotopic (exact) mass is 467 g/mol. The van der Waals surface area contributed by atoms with Gasteiger partial charge in [0.15, 0.2) is 5.78 Å². The Morgan fingerprint density at radius 1 is 0.938 bits per heavy atom. The van der Waals surface area contributed by atoms with E-state index in [0.717, 1.165) is 69.9 Å². The van der Waals surface area contributed by atoms with Crippen LogP contribution in [0, 0.1) is 0 Å². The maximum absolute atomic E-state index is 13.1. The summed E-state index contributed by atoms with van der Waals surface area (Å²) in [7, 11) is 0. The molecule has 4 rings (SSSR count). The number of hydrogen-bond acceptors (Lipinski definition) is 3. The van der Waals surface area contributed by atoms with Crippen LogP contribution in [0.25, 0.3) is 0 Å². The molecule has 0 unspecified atom stereocenters. The van der Waals surface area contributed by atoms with Crippen LogP contribution in [0.4, 0.5) is 18.9 Å². The molecule has 0 saturated carbocycles. The Morgan fingerprint density at radius 3 is 2.44 bits per heavy atom. The number of alkyl halides is 3. The highest BCUT2D eigenvalue weighted by molar-refractivity contribution is 6.31. The van der Waals surface area contributed by atoms with Crippen molar-refractivity contribution in [1.82, 2.24) is 9.47 Å². The number of Topliss-reactive ketones (excluding diaryl/α,β-unsaturated/α-hetero) is 1. The lowest BCUT2D eigenvalue weighted by Gasteiger charge is -2.36. The molecule has 1 aromatic carbocycles. The van der Waals surface area contributed by atoms with Crippen LogP contribution in [0.1, 0.15) is 53.7 Å². The molecule has 0 N–H and O–H groups in total. The number of ketones is 1. The standard InChI is InChI=1S/C24H29ClF3N3O/c25-21-8-7-18(17-20(21)24(26,27)28)30-15-13-29(14-16-30)10-2-1-3-11-31-12-9-19-22(31)5-4-6-23(19)32/h7-9,12,17H,1-6,10-11,13-16H2. The van der Waals surface area contributed by atoms with Gasteiger partial charge in [-0.3, -0.25) is 9.69 Å². The Balaban J connectivity index is 1.18. The molecule has 4 nitrogen and oxygen atoms in total. The molecule has 1 saturated heterocycles.